The summed E-state index contributed by atoms with van der Waals surface area (Å²) < 4.78 is 18.9. The van der Waals surface area contributed by atoms with E-state index in [1.54, 1.807) is 6.07 Å². The predicted octanol–water partition coefficient (Wildman–Crippen LogP) is 4.11. The van der Waals surface area contributed by atoms with Gasteiger partial charge in [-0.05, 0) is 52.1 Å². The van der Waals surface area contributed by atoms with Crippen LogP contribution < -0.4 is 4.74 Å². The van der Waals surface area contributed by atoms with Gasteiger partial charge >= 0.3 is 0 Å². The number of ether oxygens (including phenoxy) is 1. The Kier molecular flexibility index (Phi) is 6.10. The topological polar surface area (TPSA) is 9.23 Å². The van der Waals surface area contributed by atoms with Crippen LogP contribution in [0.25, 0.3) is 0 Å². The zero-order valence-electron chi connectivity index (χ0n) is 8.63. The van der Waals surface area contributed by atoms with Crippen molar-refractivity contribution in [2.75, 3.05) is 18.1 Å². The van der Waals surface area contributed by atoms with Crippen molar-refractivity contribution in [2.45, 2.75) is 13.3 Å². The lowest BCUT2D eigenvalue weighted by molar-refractivity contribution is 0.316. The van der Waals surface area contributed by atoms with Gasteiger partial charge < -0.3 is 4.74 Å². The maximum Gasteiger partial charge on any atom is 0.133 e. The van der Waals surface area contributed by atoms with Crippen molar-refractivity contribution >= 4 is 27.7 Å². The van der Waals surface area contributed by atoms with Gasteiger partial charge in [0.2, 0.25) is 0 Å². The van der Waals surface area contributed by atoms with Gasteiger partial charge in [-0.2, -0.15) is 11.8 Å². The van der Waals surface area contributed by atoms with Crippen LogP contribution in [0.1, 0.15) is 13.3 Å². The Hall–Kier alpha value is -0.220. The Labute approximate surface area is 103 Å². The van der Waals surface area contributed by atoms with Crippen LogP contribution in [0.5, 0.6) is 5.75 Å². The van der Waals surface area contributed by atoms with E-state index in [1.165, 1.54) is 12.1 Å². The van der Waals surface area contributed by atoms with Gasteiger partial charge in [0.05, 0.1) is 11.1 Å². The average Bonchev–Trinajstić information content (AvgIpc) is 2.20. The average molecular weight is 293 g/mol. The monoisotopic (exact) mass is 292 g/mol. The maximum absolute atomic E-state index is 12.7. The normalized spacial score (nSPS) is 10.3. The Morgan fingerprint density at radius 2 is 2.27 bits per heavy atom. The third-order valence-electron chi connectivity index (χ3n) is 1.79. The van der Waals surface area contributed by atoms with Crippen molar-refractivity contribution in [2.24, 2.45) is 0 Å². The molecule has 0 aliphatic heterocycles. The van der Waals surface area contributed by atoms with Crippen molar-refractivity contribution in [1.29, 1.82) is 0 Å². The lowest BCUT2D eigenvalue weighted by atomic mass is 10.3. The number of rotatable bonds is 6. The van der Waals surface area contributed by atoms with E-state index in [1.807, 2.05) is 11.8 Å². The van der Waals surface area contributed by atoms with Crippen LogP contribution in [0.2, 0.25) is 0 Å². The van der Waals surface area contributed by atoms with E-state index in [-0.39, 0.29) is 5.82 Å². The molecular weight excluding hydrogens is 279 g/mol. The van der Waals surface area contributed by atoms with Crippen molar-refractivity contribution in [1.82, 2.24) is 0 Å². The van der Waals surface area contributed by atoms with Crippen LogP contribution in [0.3, 0.4) is 0 Å². The summed E-state index contributed by atoms with van der Waals surface area (Å²) in [6.07, 6.45) is 1.02. The van der Waals surface area contributed by atoms with Crippen LogP contribution in [0.15, 0.2) is 22.7 Å². The van der Waals surface area contributed by atoms with Gasteiger partial charge in [-0.3, -0.25) is 0 Å². The zero-order valence-corrected chi connectivity index (χ0v) is 11.0. The highest BCUT2D eigenvalue weighted by molar-refractivity contribution is 9.10. The molecule has 0 amide bonds. The lowest BCUT2D eigenvalue weighted by Gasteiger charge is -2.07. The molecule has 0 bridgehead atoms. The molecule has 0 aliphatic rings. The highest BCUT2D eigenvalue weighted by Crippen LogP contribution is 2.25. The van der Waals surface area contributed by atoms with Crippen molar-refractivity contribution in [3.8, 4) is 5.75 Å². The summed E-state index contributed by atoms with van der Waals surface area (Å²) in [6, 6.07) is 4.46. The van der Waals surface area contributed by atoms with Gasteiger partial charge in [-0.1, -0.05) is 6.92 Å². The van der Waals surface area contributed by atoms with Crippen LogP contribution in [-0.4, -0.2) is 18.1 Å². The minimum absolute atomic E-state index is 0.254. The molecule has 84 valence electrons. The van der Waals surface area contributed by atoms with E-state index >= 15 is 0 Å². The molecular formula is C11H14BrFOS. The molecule has 0 unspecified atom stereocenters. The Morgan fingerprint density at radius 3 is 2.93 bits per heavy atom. The third-order valence-corrected chi connectivity index (χ3v) is 3.39. The molecule has 1 nitrogen and oxygen atoms in total. The highest BCUT2D eigenvalue weighted by Gasteiger charge is 2.01. The number of benzene rings is 1. The van der Waals surface area contributed by atoms with Crippen molar-refractivity contribution in [3.05, 3.63) is 28.5 Å². The van der Waals surface area contributed by atoms with E-state index in [9.17, 15) is 4.39 Å². The maximum atomic E-state index is 12.7. The molecule has 0 spiro atoms. The molecule has 0 atom stereocenters. The van der Waals surface area contributed by atoms with Crippen LogP contribution in [0, 0.1) is 5.82 Å². The van der Waals surface area contributed by atoms with E-state index in [4.69, 9.17) is 4.74 Å². The molecule has 0 fully saturated rings. The summed E-state index contributed by atoms with van der Waals surface area (Å²) >= 11 is 5.16. The molecule has 0 saturated carbocycles. The zero-order chi connectivity index (χ0) is 11.1. The summed E-state index contributed by atoms with van der Waals surface area (Å²) in [7, 11) is 0. The fraction of sp³-hybridized carbons (Fsp3) is 0.455. The van der Waals surface area contributed by atoms with Crippen LogP contribution in [-0.2, 0) is 0 Å². The summed E-state index contributed by atoms with van der Waals surface area (Å²) in [4.78, 5) is 0. The first-order chi connectivity index (χ1) is 7.24. The first-order valence-electron chi connectivity index (χ1n) is 4.89. The fourth-order valence-corrected chi connectivity index (χ4v) is 2.16. The quantitative estimate of drug-likeness (QED) is 0.730. The first-order valence-corrected chi connectivity index (χ1v) is 6.84. The third kappa shape index (κ3) is 4.89. The Balaban J connectivity index is 2.31. The summed E-state index contributed by atoms with van der Waals surface area (Å²) in [5, 5.41) is 0. The van der Waals surface area contributed by atoms with Gasteiger partial charge in [-0.15, -0.1) is 0 Å². The molecule has 0 aliphatic carbocycles. The molecule has 1 aromatic rings. The van der Waals surface area contributed by atoms with Gasteiger partial charge in [0.15, 0.2) is 0 Å². The van der Waals surface area contributed by atoms with E-state index in [0.29, 0.717) is 16.8 Å². The second kappa shape index (κ2) is 7.12. The summed E-state index contributed by atoms with van der Waals surface area (Å²) in [6.45, 7) is 2.82. The number of halogens is 2. The predicted molar refractivity (Wildman–Crippen MR) is 67.2 cm³/mol. The van der Waals surface area contributed by atoms with E-state index in [2.05, 4.69) is 22.9 Å². The second-order valence-corrected chi connectivity index (χ2v) is 5.22. The Bertz CT molecular complexity index is 307. The number of thioether (sulfide) groups is 1. The van der Waals surface area contributed by atoms with E-state index in [0.717, 1.165) is 17.9 Å². The summed E-state index contributed by atoms with van der Waals surface area (Å²) in [5.41, 5.74) is 0. The minimum atomic E-state index is -0.254. The number of hydrogen-bond acceptors (Lipinski definition) is 2. The lowest BCUT2D eigenvalue weighted by Crippen LogP contribution is -1.99. The van der Waals surface area contributed by atoms with Gasteiger partial charge in [0, 0.05) is 0 Å². The first kappa shape index (κ1) is 12.8. The minimum Gasteiger partial charge on any atom is -0.492 e. The van der Waals surface area contributed by atoms with Crippen LogP contribution in [0.4, 0.5) is 4.39 Å². The molecule has 0 radical (unpaired) electrons. The SMILES string of the molecule is CCSCCCOc1ccc(F)cc1Br. The van der Waals surface area contributed by atoms with Gasteiger partial charge in [0.1, 0.15) is 11.6 Å². The molecule has 4 heteroatoms. The van der Waals surface area contributed by atoms with Crippen molar-refractivity contribution in [3.63, 3.8) is 0 Å². The smallest absolute Gasteiger partial charge is 0.133 e. The summed E-state index contributed by atoms with van der Waals surface area (Å²) in [5.74, 6) is 2.70. The molecule has 0 saturated heterocycles. The molecule has 0 aromatic heterocycles. The second-order valence-electron chi connectivity index (χ2n) is 2.97. The Morgan fingerprint density at radius 1 is 1.47 bits per heavy atom. The number of hydrogen-bond donors (Lipinski definition) is 0. The molecule has 1 aromatic carbocycles. The van der Waals surface area contributed by atoms with Crippen LogP contribution >= 0.6 is 27.7 Å². The standard InChI is InChI=1S/C11H14BrFOS/c1-2-15-7-3-6-14-11-5-4-9(13)8-10(11)12/h4-5,8H,2-3,6-7H2,1H3. The fourth-order valence-electron chi connectivity index (χ4n) is 1.08. The molecule has 0 N–H and O–H groups in total. The van der Waals surface area contributed by atoms with Crippen molar-refractivity contribution < 1.29 is 9.13 Å². The van der Waals surface area contributed by atoms with E-state index < -0.39 is 0 Å². The highest BCUT2D eigenvalue weighted by atomic mass is 79.9. The molecule has 1 rings (SSSR count). The van der Waals surface area contributed by atoms with Gasteiger partial charge in [0.25, 0.3) is 0 Å². The largest absolute Gasteiger partial charge is 0.492 e. The molecule has 0 heterocycles. The van der Waals surface area contributed by atoms with Gasteiger partial charge in [-0.25, -0.2) is 4.39 Å². The molecule has 15 heavy (non-hydrogen) atoms.